The molecule has 1 aliphatic rings. The fourth-order valence-corrected chi connectivity index (χ4v) is 9.08. The van der Waals surface area contributed by atoms with E-state index in [0.29, 0.717) is 5.95 Å². The molecule has 3 aromatic heterocycles. The van der Waals surface area contributed by atoms with Gasteiger partial charge in [-0.15, -0.1) is 11.3 Å². The van der Waals surface area contributed by atoms with Gasteiger partial charge in [-0.3, -0.25) is 4.57 Å². The third-order valence-corrected chi connectivity index (χ3v) is 10.9. The molecule has 0 unspecified atom stereocenters. The predicted molar refractivity (Wildman–Crippen MR) is 198 cm³/mol. The molecule has 0 saturated carbocycles. The summed E-state index contributed by atoms with van der Waals surface area (Å²) in [4.78, 5) is 13.2. The minimum atomic E-state index is 0.688. The molecule has 218 valence electrons. The Morgan fingerprint density at radius 2 is 1.17 bits per heavy atom. The first-order valence-electron chi connectivity index (χ1n) is 15.9. The van der Waals surface area contributed by atoms with Gasteiger partial charge in [0, 0.05) is 37.5 Å². The molecule has 0 aliphatic carbocycles. The number of anilines is 3. The van der Waals surface area contributed by atoms with Crippen LogP contribution in [0.4, 0.5) is 17.1 Å². The average molecular weight is 617 g/mol. The number of fused-ring (bicyclic) bond motifs is 12. The monoisotopic (exact) mass is 616 g/mol. The van der Waals surface area contributed by atoms with E-state index in [1.807, 2.05) is 11.3 Å². The van der Waals surface area contributed by atoms with E-state index in [-0.39, 0.29) is 0 Å². The van der Waals surface area contributed by atoms with Crippen molar-refractivity contribution in [2.24, 2.45) is 0 Å². The van der Waals surface area contributed by atoms with Crippen molar-refractivity contribution in [2.75, 3.05) is 4.90 Å². The van der Waals surface area contributed by atoms with Gasteiger partial charge in [-0.25, -0.2) is 9.97 Å². The highest BCUT2D eigenvalue weighted by atomic mass is 32.1. The van der Waals surface area contributed by atoms with Crippen LogP contribution in [0.1, 0.15) is 0 Å². The molecule has 10 aromatic rings. The number of nitrogens with zero attached hydrogens (tertiary/aromatic N) is 4. The second kappa shape index (κ2) is 9.25. The van der Waals surface area contributed by atoms with Crippen molar-refractivity contribution < 1.29 is 0 Å². The normalized spacial score (nSPS) is 12.6. The van der Waals surface area contributed by atoms with E-state index in [9.17, 15) is 0 Å². The highest BCUT2D eigenvalue weighted by Gasteiger charge is 2.29. The Morgan fingerprint density at radius 1 is 0.489 bits per heavy atom. The van der Waals surface area contributed by atoms with Gasteiger partial charge in [-0.2, -0.15) is 0 Å². The molecule has 11 rings (SSSR count). The summed E-state index contributed by atoms with van der Waals surface area (Å²) < 4.78 is 4.87. The van der Waals surface area contributed by atoms with Crippen molar-refractivity contribution >= 4 is 92.1 Å². The van der Waals surface area contributed by atoms with Crippen molar-refractivity contribution in [1.29, 1.82) is 0 Å². The molecule has 0 saturated heterocycles. The van der Waals surface area contributed by atoms with Gasteiger partial charge in [0.15, 0.2) is 0 Å². The summed E-state index contributed by atoms with van der Waals surface area (Å²) in [6.07, 6.45) is 0. The molecular formula is C42H24N4S. The first-order valence-corrected chi connectivity index (χ1v) is 16.7. The first kappa shape index (κ1) is 25.2. The van der Waals surface area contributed by atoms with E-state index in [2.05, 4.69) is 155 Å². The summed E-state index contributed by atoms with van der Waals surface area (Å²) in [5, 5.41) is 8.64. The summed E-state index contributed by atoms with van der Waals surface area (Å²) in [5.74, 6) is 0.688. The summed E-state index contributed by atoms with van der Waals surface area (Å²) >= 11 is 1.86. The second-order valence-electron chi connectivity index (χ2n) is 12.2. The lowest BCUT2D eigenvalue weighted by Crippen LogP contribution is -2.16. The van der Waals surface area contributed by atoms with Gasteiger partial charge >= 0.3 is 0 Å². The summed E-state index contributed by atoms with van der Waals surface area (Å²) in [6.45, 7) is 0. The molecule has 0 atom stereocenters. The number of benzene rings is 7. The molecule has 5 heteroatoms. The predicted octanol–water partition coefficient (Wildman–Crippen LogP) is 11.7. The Bertz CT molecular complexity index is 2920. The van der Waals surface area contributed by atoms with Gasteiger partial charge in [0.1, 0.15) is 0 Å². The van der Waals surface area contributed by atoms with E-state index in [4.69, 9.17) is 9.97 Å². The molecule has 4 nitrogen and oxygen atoms in total. The van der Waals surface area contributed by atoms with Crippen molar-refractivity contribution in [3.05, 3.63) is 146 Å². The van der Waals surface area contributed by atoms with Gasteiger partial charge in [-0.1, -0.05) is 103 Å². The Labute approximate surface area is 273 Å². The van der Waals surface area contributed by atoms with Gasteiger partial charge in [0.05, 0.1) is 43.7 Å². The standard InChI is InChI=1S/C42H24N4S/c1-2-13-25(14-3-1)45-33-22-10-7-18-29(33)39-38-31(20-12-23-34(38)45)43-42(44-39)46-32-21-9-6-17-28(32)36-26-15-4-5-16-27(26)37-30-19-8-11-24-35(30)47-41(37)40(36)46/h1-24H. The Kier molecular flexibility index (Phi) is 4.96. The van der Waals surface area contributed by atoms with E-state index in [0.717, 1.165) is 44.7 Å². The zero-order chi connectivity index (χ0) is 30.6. The molecule has 0 spiro atoms. The fraction of sp³-hybridized carbons (Fsp3) is 0. The van der Waals surface area contributed by atoms with E-state index >= 15 is 0 Å². The molecule has 0 radical (unpaired) electrons. The fourth-order valence-electron chi connectivity index (χ4n) is 7.82. The Hall–Kier alpha value is -6.04. The van der Waals surface area contributed by atoms with Crippen LogP contribution in [0.5, 0.6) is 0 Å². The minimum absolute atomic E-state index is 0.688. The van der Waals surface area contributed by atoms with Crippen molar-refractivity contribution in [1.82, 2.24) is 14.5 Å². The van der Waals surface area contributed by atoms with Gasteiger partial charge in [-0.05, 0) is 53.2 Å². The quantitative estimate of drug-likeness (QED) is 0.194. The van der Waals surface area contributed by atoms with Crippen molar-refractivity contribution in [3.8, 4) is 17.2 Å². The van der Waals surface area contributed by atoms with E-state index in [1.54, 1.807) is 0 Å². The molecule has 4 heterocycles. The number of rotatable bonds is 2. The van der Waals surface area contributed by atoms with Crippen LogP contribution in [-0.4, -0.2) is 14.5 Å². The molecule has 0 amide bonds. The van der Waals surface area contributed by atoms with Crippen LogP contribution < -0.4 is 4.90 Å². The molecule has 1 aliphatic heterocycles. The smallest absolute Gasteiger partial charge is 0.235 e. The molecule has 7 aromatic carbocycles. The van der Waals surface area contributed by atoms with Crippen LogP contribution >= 0.6 is 11.3 Å². The van der Waals surface area contributed by atoms with Crippen molar-refractivity contribution in [3.63, 3.8) is 0 Å². The maximum Gasteiger partial charge on any atom is 0.235 e. The number of aromatic nitrogens is 3. The van der Waals surface area contributed by atoms with E-state index in [1.165, 1.54) is 47.2 Å². The lowest BCUT2D eigenvalue weighted by molar-refractivity contribution is 1.01. The maximum atomic E-state index is 5.51. The zero-order valence-corrected chi connectivity index (χ0v) is 25.9. The highest BCUT2D eigenvalue weighted by Crippen LogP contribution is 2.51. The van der Waals surface area contributed by atoms with Gasteiger partial charge < -0.3 is 4.90 Å². The molecule has 0 bridgehead atoms. The number of hydrogen-bond donors (Lipinski definition) is 0. The first-order chi connectivity index (χ1) is 23.3. The summed E-state index contributed by atoms with van der Waals surface area (Å²) in [5.41, 5.74) is 8.58. The lowest BCUT2D eigenvalue weighted by atomic mass is 9.96. The van der Waals surface area contributed by atoms with Crippen LogP contribution in [0.3, 0.4) is 0 Å². The lowest BCUT2D eigenvalue weighted by Gasteiger charge is -2.32. The number of thiophene rings is 1. The SMILES string of the molecule is c1ccc(N2c3ccccc3-c3nc(-n4c5ccccc5c5c6ccccc6c6c7ccccc7sc6c54)nc4cccc2c34)cc1. The molecule has 0 N–H and O–H groups in total. The molecule has 47 heavy (non-hydrogen) atoms. The van der Waals surface area contributed by atoms with Crippen LogP contribution in [0.25, 0.3) is 80.9 Å². The Balaban J connectivity index is 1.32. The van der Waals surface area contributed by atoms with E-state index < -0.39 is 0 Å². The number of hydrogen-bond acceptors (Lipinski definition) is 4. The maximum absolute atomic E-state index is 5.51. The summed E-state index contributed by atoms with van der Waals surface area (Å²) in [6, 6.07) is 52.0. The Morgan fingerprint density at radius 3 is 2.04 bits per heavy atom. The largest absolute Gasteiger partial charge is 0.309 e. The minimum Gasteiger partial charge on any atom is -0.309 e. The third-order valence-electron chi connectivity index (χ3n) is 9.70. The third kappa shape index (κ3) is 3.31. The van der Waals surface area contributed by atoms with Gasteiger partial charge in [0.25, 0.3) is 0 Å². The zero-order valence-electron chi connectivity index (χ0n) is 25.1. The molecule has 0 fully saturated rings. The van der Waals surface area contributed by atoms with Crippen molar-refractivity contribution in [2.45, 2.75) is 0 Å². The average Bonchev–Trinajstić information content (AvgIpc) is 3.69. The molecular weight excluding hydrogens is 593 g/mol. The topological polar surface area (TPSA) is 34.0 Å². The van der Waals surface area contributed by atoms with Crippen LogP contribution in [0.15, 0.2) is 146 Å². The highest BCUT2D eigenvalue weighted by molar-refractivity contribution is 7.27. The van der Waals surface area contributed by atoms with Crippen LogP contribution in [0.2, 0.25) is 0 Å². The van der Waals surface area contributed by atoms with Crippen LogP contribution in [-0.2, 0) is 0 Å². The van der Waals surface area contributed by atoms with Gasteiger partial charge in [0.2, 0.25) is 5.95 Å². The number of para-hydroxylation sites is 3. The van der Waals surface area contributed by atoms with Crippen LogP contribution in [0, 0.1) is 0 Å². The summed E-state index contributed by atoms with van der Waals surface area (Å²) in [7, 11) is 0. The second-order valence-corrected chi connectivity index (χ2v) is 13.2.